The molecule has 0 radical (unpaired) electrons. The fraction of sp³-hybridized carbons (Fsp3) is 0.538. The Labute approximate surface area is 126 Å². The summed E-state index contributed by atoms with van der Waals surface area (Å²) in [5.41, 5.74) is 1.29. The zero-order chi connectivity index (χ0) is 15.1. The van der Waals surface area contributed by atoms with Crippen LogP contribution in [-0.2, 0) is 0 Å². The van der Waals surface area contributed by atoms with Gasteiger partial charge in [-0.1, -0.05) is 0 Å². The third-order valence-electron chi connectivity index (χ3n) is 2.62. The van der Waals surface area contributed by atoms with Crippen LogP contribution in [0, 0.1) is 6.92 Å². The summed E-state index contributed by atoms with van der Waals surface area (Å²) in [5.74, 6) is 0.172. The van der Waals surface area contributed by atoms with Crippen LogP contribution < -0.4 is 4.74 Å². The first-order valence-corrected chi connectivity index (χ1v) is 7.01. The highest BCUT2D eigenvalue weighted by Crippen LogP contribution is 2.30. The summed E-state index contributed by atoms with van der Waals surface area (Å²) >= 11 is 3.27. The van der Waals surface area contributed by atoms with Crippen molar-refractivity contribution < 1.29 is 13.5 Å². The van der Waals surface area contributed by atoms with Crippen LogP contribution in [0.15, 0.2) is 15.5 Å². The second-order valence-electron chi connectivity index (χ2n) is 4.25. The normalized spacial score (nSPS) is 11.3. The van der Waals surface area contributed by atoms with E-state index in [1.165, 1.54) is 0 Å². The van der Waals surface area contributed by atoms with Gasteiger partial charge in [0.15, 0.2) is 6.10 Å². The van der Waals surface area contributed by atoms with Crippen molar-refractivity contribution in [2.24, 2.45) is 4.99 Å². The predicted octanol–water partition coefficient (Wildman–Crippen LogP) is 3.45. The molecule has 1 rings (SSSR count). The number of rotatable bonds is 7. The Morgan fingerprint density at radius 3 is 2.70 bits per heavy atom. The molecule has 1 aromatic heterocycles. The van der Waals surface area contributed by atoms with Gasteiger partial charge in [0.05, 0.1) is 22.2 Å². The quantitative estimate of drug-likeness (QED) is 0.558. The number of hydrogen-bond donors (Lipinski definition) is 0. The fourth-order valence-electron chi connectivity index (χ4n) is 1.27. The van der Waals surface area contributed by atoms with E-state index >= 15 is 0 Å². The maximum absolute atomic E-state index is 12.5. The first-order chi connectivity index (χ1) is 9.51. The molecule has 0 atom stereocenters. The minimum absolute atomic E-state index is 0.172. The summed E-state index contributed by atoms with van der Waals surface area (Å²) in [7, 11) is 1.91. The molecule has 0 aliphatic heterocycles. The molecule has 1 aromatic rings. The lowest BCUT2D eigenvalue weighted by molar-refractivity contribution is 0.127. The molecule has 0 bridgehead atoms. The fourth-order valence-corrected chi connectivity index (χ4v) is 1.67. The van der Waals surface area contributed by atoms with E-state index in [-0.39, 0.29) is 5.88 Å². The van der Waals surface area contributed by atoms with Gasteiger partial charge in [-0.2, -0.15) is 0 Å². The van der Waals surface area contributed by atoms with E-state index in [1.54, 1.807) is 19.3 Å². The Hall–Kier alpha value is -1.24. The molecule has 1 heterocycles. The van der Waals surface area contributed by atoms with Crippen LogP contribution in [0.3, 0.4) is 0 Å². The van der Waals surface area contributed by atoms with Gasteiger partial charge < -0.3 is 9.64 Å². The predicted molar refractivity (Wildman–Crippen MR) is 79.5 cm³/mol. The van der Waals surface area contributed by atoms with Crippen molar-refractivity contribution in [2.45, 2.75) is 20.0 Å². The van der Waals surface area contributed by atoms with Gasteiger partial charge in [0.1, 0.15) is 13.3 Å². The van der Waals surface area contributed by atoms with Gasteiger partial charge in [-0.15, -0.1) is 0 Å². The van der Waals surface area contributed by atoms with Gasteiger partial charge in [-0.05, 0) is 35.8 Å². The minimum atomic E-state index is -1.13. The number of halogens is 3. The van der Waals surface area contributed by atoms with Crippen LogP contribution >= 0.6 is 15.9 Å². The summed E-state index contributed by atoms with van der Waals surface area (Å²) in [6.45, 7) is 2.82. The molecule has 112 valence electrons. The molecule has 0 saturated carbocycles. The van der Waals surface area contributed by atoms with Gasteiger partial charge in [0.2, 0.25) is 5.88 Å². The number of aromatic nitrogens is 1. The molecule has 0 N–H and O–H groups in total. The average molecular weight is 350 g/mol. The van der Waals surface area contributed by atoms with Crippen LogP contribution in [0.2, 0.25) is 0 Å². The molecule has 0 unspecified atom stereocenters. The number of hydrogen-bond acceptors (Lipinski definition) is 3. The molecule has 20 heavy (non-hydrogen) atoms. The standard InChI is InChI=1S/C13H18BrF2N3O/c1-4-19(3)8-17-12-5-11(14)13(18-9(12)2)20-10(6-15)7-16/h5,8,10H,4,6-7H2,1-3H3. The lowest BCUT2D eigenvalue weighted by Gasteiger charge is -2.14. The largest absolute Gasteiger partial charge is 0.468 e. The first kappa shape index (κ1) is 16.8. The second kappa shape index (κ2) is 8.14. The van der Waals surface area contributed by atoms with Crippen LogP contribution in [0.4, 0.5) is 14.5 Å². The number of pyridine rings is 1. The minimum Gasteiger partial charge on any atom is -0.468 e. The van der Waals surface area contributed by atoms with Crippen molar-refractivity contribution in [3.05, 3.63) is 16.2 Å². The van der Waals surface area contributed by atoms with Crippen molar-refractivity contribution in [3.63, 3.8) is 0 Å². The highest BCUT2D eigenvalue weighted by Gasteiger charge is 2.14. The topological polar surface area (TPSA) is 37.7 Å². The van der Waals surface area contributed by atoms with Crippen molar-refractivity contribution in [1.82, 2.24) is 9.88 Å². The molecule has 0 fully saturated rings. The molecule has 0 aromatic carbocycles. The monoisotopic (exact) mass is 349 g/mol. The maximum atomic E-state index is 12.5. The summed E-state index contributed by atoms with van der Waals surface area (Å²) < 4.78 is 30.6. The number of nitrogens with zero attached hydrogens (tertiary/aromatic N) is 3. The van der Waals surface area contributed by atoms with Crippen LogP contribution in [0.1, 0.15) is 12.6 Å². The lowest BCUT2D eigenvalue weighted by atomic mass is 10.3. The summed E-state index contributed by atoms with van der Waals surface area (Å²) in [4.78, 5) is 10.4. The Morgan fingerprint density at radius 1 is 1.50 bits per heavy atom. The maximum Gasteiger partial charge on any atom is 0.228 e. The molecule has 0 saturated heterocycles. The molecule has 0 aliphatic carbocycles. The van der Waals surface area contributed by atoms with Gasteiger partial charge >= 0.3 is 0 Å². The Bertz CT molecular complexity index is 467. The van der Waals surface area contributed by atoms with E-state index in [0.29, 0.717) is 15.9 Å². The zero-order valence-electron chi connectivity index (χ0n) is 11.7. The van der Waals surface area contributed by atoms with Gasteiger partial charge in [0, 0.05) is 13.6 Å². The molecule has 0 aliphatic rings. The summed E-state index contributed by atoms with van der Waals surface area (Å²) in [5, 5.41) is 0. The van der Waals surface area contributed by atoms with Gasteiger partial charge in [-0.25, -0.2) is 18.8 Å². The summed E-state index contributed by atoms with van der Waals surface area (Å²) in [6, 6.07) is 1.71. The van der Waals surface area contributed by atoms with Crippen LogP contribution in [0.25, 0.3) is 0 Å². The van der Waals surface area contributed by atoms with Gasteiger partial charge in [-0.3, -0.25) is 0 Å². The first-order valence-electron chi connectivity index (χ1n) is 6.21. The third kappa shape index (κ3) is 4.70. The highest BCUT2D eigenvalue weighted by atomic mass is 79.9. The zero-order valence-corrected chi connectivity index (χ0v) is 13.3. The van der Waals surface area contributed by atoms with Crippen molar-refractivity contribution in [3.8, 4) is 5.88 Å². The Balaban J connectivity index is 2.94. The molecule has 0 amide bonds. The molecular formula is C13H18BrF2N3O. The van der Waals surface area contributed by atoms with E-state index in [2.05, 4.69) is 25.9 Å². The number of aliphatic imine (C=N–C) groups is 1. The molecular weight excluding hydrogens is 332 g/mol. The van der Waals surface area contributed by atoms with Crippen molar-refractivity contribution in [1.29, 1.82) is 0 Å². The third-order valence-corrected chi connectivity index (χ3v) is 3.19. The van der Waals surface area contributed by atoms with E-state index < -0.39 is 19.5 Å². The second-order valence-corrected chi connectivity index (χ2v) is 5.10. The van der Waals surface area contributed by atoms with Crippen molar-refractivity contribution >= 4 is 28.0 Å². The van der Waals surface area contributed by atoms with E-state index in [0.717, 1.165) is 6.54 Å². The molecule has 4 nitrogen and oxygen atoms in total. The molecule has 7 heteroatoms. The molecule has 0 spiro atoms. The summed E-state index contributed by atoms with van der Waals surface area (Å²) in [6.07, 6.45) is 0.571. The smallest absolute Gasteiger partial charge is 0.228 e. The van der Waals surface area contributed by atoms with Crippen LogP contribution in [-0.4, -0.2) is 49.3 Å². The Kier molecular flexibility index (Phi) is 6.84. The SMILES string of the molecule is CCN(C)C=Nc1cc(Br)c(OC(CF)CF)nc1C. The highest BCUT2D eigenvalue weighted by molar-refractivity contribution is 9.10. The average Bonchev–Trinajstić information content (AvgIpc) is 2.45. The van der Waals surface area contributed by atoms with E-state index in [9.17, 15) is 8.78 Å². The number of ether oxygens (including phenoxy) is 1. The number of alkyl halides is 2. The van der Waals surface area contributed by atoms with Crippen molar-refractivity contribution in [2.75, 3.05) is 26.9 Å². The Morgan fingerprint density at radius 2 is 2.15 bits per heavy atom. The van der Waals surface area contributed by atoms with E-state index in [4.69, 9.17) is 4.74 Å². The number of aryl methyl sites for hydroxylation is 1. The van der Waals surface area contributed by atoms with Crippen LogP contribution in [0.5, 0.6) is 5.88 Å². The van der Waals surface area contributed by atoms with E-state index in [1.807, 2.05) is 18.9 Å². The lowest BCUT2D eigenvalue weighted by Crippen LogP contribution is -2.22. The van der Waals surface area contributed by atoms with Gasteiger partial charge in [0.25, 0.3) is 0 Å².